The molecule has 2 aromatic heterocycles. The van der Waals surface area contributed by atoms with E-state index < -0.39 is 21.9 Å². The van der Waals surface area contributed by atoms with Crippen molar-refractivity contribution in [1.29, 1.82) is 0 Å². The largest absolute Gasteiger partial charge is 0.464 e. The second kappa shape index (κ2) is 13.1. The molecule has 1 atom stereocenters. The van der Waals surface area contributed by atoms with Crippen LogP contribution in [-0.2, 0) is 31.1 Å². The number of benzene rings is 1. The first kappa shape index (κ1) is 30.6. The van der Waals surface area contributed by atoms with Crippen molar-refractivity contribution in [3.8, 4) is 0 Å². The Bertz CT molecular complexity index is 1540. The maximum atomic E-state index is 12.9. The van der Waals surface area contributed by atoms with Gasteiger partial charge in [0, 0.05) is 41.8 Å². The average Bonchev–Trinajstić information content (AvgIpc) is 2.95. The molecule has 1 aromatic carbocycles. The molecule has 0 saturated heterocycles. The van der Waals surface area contributed by atoms with Crippen LogP contribution in [0.1, 0.15) is 44.6 Å². The van der Waals surface area contributed by atoms with Crippen molar-refractivity contribution in [2.75, 3.05) is 11.9 Å². The summed E-state index contributed by atoms with van der Waals surface area (Å²) in [5.41, 5.74) is 2.26. The number of pyridine rings is 2. The summed E-state index contributed by atoms with van der Waals surface area (Å²) in [5, 5.41) is 8.78. The van der Waals surface area contributed by atoms with Crippen LogP contribution in [0.2, 0.25) is 0 Å². The Morgan fingerprint density at radius 3 is 2.41 bits per heavy atom. The highest BCUT2D eigenvalue weighted by molar-refractivity contribution is 9.12. The third-order valence-electron chi connectivity index (χ3n) is 7.15. The molecule has 2 aliphatic carbocycles. The van der Waals surface area contributed by atoms with E-state index in [0.29, 0.717) is 17.5 Å². The van der Waals surface area contributed by atoms with Crippen molar-refractivity contribution in [3.05, 3.63) is 70.7 Å². The number of nitrogens with zero attached hydrogens (tertiary/aromatic N) is 2. The lowest BCUT2D eigenvalue weighted by Crippen LogP contribution is -2.53. The van der Waals surface area contributed by atoms with Gasteiger partial charge in [0.25, 0.3) is 0 Å². The van der Waals surface area contributed by atoms with Gasteiger partial charge >= 0.3 is 16.4 Å². The van der Waals surface area contributed by atoms with Gasteiger partial charge in [-0.1, -0.05) is 31.4 Å². The quantitative estimate of drug-likeness (QED) is 0.193. The number of halogens is 1. The first-order chi connectivity index (χ1) is 19.5. The van der Waals surface area contributed by atoms with E-state index in [-0.39, 0.29) is 11.8 Å². The molecule has 11 nitrogen and oxygen atoms in total. The van der Waals surface area contributed by atoms with Gasteiger partial charge in [-0.05, 0) is 70.9 Å². The Morgan fingerprint density at radius 2 is 1.76 bits per heavy atom. The lowest BCUT2D eigenvalue weighted by atomic mass is 9.62. The van der Waals surface area contributed by atoms with Gasteiger partial charge in [0.05, 0.1) is 16.5 Å². The van der Waals surface area contributed by atoms with Crippen LogP contribution in [0.3, 0.4) is 0 Å². The van der Waals surface area contributed by atoms with Crippen LogP contribution in [0.15, 0.2) is 65.2 Å². The van der Waals surface area contributed by atoms with Crippen molar-refractivity contribution in [2.24, 2.45) is 5.41 Å². The van der Waals surface area contributed by atoms with Gasteiger partial charge in [0.1, 0.15) is 11.9 Å². The Labute approximate surface area is 246 Å². The lowest BCUT2D eigenvalue weighted by molar-refractivity contribution is -0.146. The number of nitrogens with one attached hydrogen (secondary N) is 2. The number of carbonyl (C=O) groups is 2. The monoisotopic (exact) mass is 646 g/mol. The molecule has 1 fully saturated rings. The summed E-state index contributed by atoms with van der Waals surface area (Å²) in [5.74, 6) is 0.578. The maximum Gasteiger partial charge on any atom is 0.394 e. The summed E-state index contributed by atoms with van der Waals surface area (Å²) < 4.78 is 37.5. The van der Waals surface area contributed by atoms with Crippen LogP contribution in [0.25, 0.3) is 10.8 Å². The molecule has 41 heavy (non-hydrogen) atoms. The second-order valence-electron chi connectivity index (χ2n) is 9.84. The highest BCUT2D eigenvalue weighted by atomic mass is 79.9. The van der Waals surface area contributed by atoms with Crippen LogP contribution >= 0.6 is 15.9 Å². The highest BCUT2D eigenvalue weighted by Crippen LogP contribution is 2.53. The minimum Gasteiger partial charge on any atom is -0.464 e. The van der Waals surface area contributed by atoms with Crippen LogP contribution in [-0.4, -0.2) is 51.9 Å². The Balaban J connectivity index is 0.000000714. The number of anilines is 2. The van der Waals surface area contributed by atoms with E-state index in [4.69, 9.17) is 22.3 Å². The number of esters is 1. The number of fused-ring (bicyclic) bond motifs is 1. The van der Waals surface area contributed by atoms with Gasteiger partial charge in [-0.3, -0.25) is 18.9 Å². The zero-order valence-electron chi connectivity index (χ0n) is 22.3. The molecule has 0 amide bonds. The van der Waals surface area contributed by atoms with Crippen molar-refractivity contribution < 1.29 is 31.8 Å². The molecule has 1 saturated carbocycles. The molecule has 0 bridgehead atoms. The van der Waals surface area contributed by atoms with E-state index in [0.717, 1.165) is 65.6 Å². The molecule has 1 spiro atoms. The molecule has 13 heteroatoms. The molecule has 4 N–H and O–H groups in total. The highest BCUT2D eigenvalue weighted by Gasteiger charge is 2.53. The average molecular weight is 648 g/mol. The van der Waals surface area contributed by atoms with Crippen molar-refractivity contribution in [3.63, 3.8) is 0 Å². The molecular formula is C28H31BrN4O7S. The number of rotatable bonds is 8. The fourth-order valence-electron chi connectivity index (χ4n) is 5.24. The van der Waals surface area contributed by atoms with Gasteiger partial charge in [0.15, 0.2) is 5.78 Å². The third-order valence-corrected chi connectivity index (χ3v) is 7.91. The molecule has 2 aliphatic rings. The topological polar surface area (TPSA) is 168 Å². The van der Waals surface area contributed by atoms with Crippen molar-refractivity contribution in [1.82, 2.24) is 15.3 Å². The van der Waals surface area contributed by atoms with E-state index >= 15 is 0 Å². The number of Topliss-reactive ketones (excluding diaryl/α,β-unsaturated/α-hetero) is 1. The minimum absolute atomic E-state index is 0.153. The van der Waals surface area contributed by atoms with Gasteiger partial charge in [-0.15, -0.1) is 0 Å². The molecule has 0 aliphatic heterocycles. The standard InChI is InChI=1S/C28H29BrN4O3.H2O4S/c1-2-36-27(35)22(33-24-23(29)25(34)28(24)12-4-3-5-13-28)16-18-6-8-20(9-7-18)32-26-21-17-30-14-10-19(21)11-15-31-26;1-5(2,3)4/h6-11,14-15,17,22,33H,2-5,12-13,16H2,1H3,(H,31,32);(H2,1,2,3,4). The van der Waals surface area contributed by atoms with Gasteiger partial charge in [0.2, 0.25) is 0 Å². The van der Waals surface area contributed by atoms with E-state index in [1.165, 1.54) is 0 Å². The number of allylic oxidation sites excluding steroid dienone is 2. The SMILES string of the molecule is CCOC(=O)C(Cc1ccc(Nc2nccc3ccncc23)cc1)NC1=C(Br)C(=O)C12CCCCC2.O=S(=O)(O)O. The van der Waals surface area contributed by atoms with Gasteiger partial charge in [-0.2, -0.15) is 8.42 Å². The third kappa shape index (κ3) is 7.47. The van der Waals surface area contributed by atoms with E-state index in [1.807, 2.05) is 36.4 Å². The molecule has 3 aromatic rings. The van der Waals surface area contributed by atoms with E-state index in [1.54, 1.807) is 25.5 Å². The summed E-state index contributed by atoms with van der Waals surface area (Å²) in [7, 11) is -4.67. The van der Waals surface area contributed by atoms with Crippen molar-refractivity contribution in [2.45, 2.75) is 51.5 Å². The first-order valence-corrected chi connectivity index (χ1v) is 15.3. The first-order valence-electron chi connectivity index (χ1n) is 13.1. The number of ether oxygens (including phenoxy) is 1. The molecule has 218 valence electrons. The fraction of sp³-hybridized carbons (Fsp3) is 0.357. The Morgan fingerprint density at radius 1 is 1.10 bits per heavy atom. The molecule has 0 radical (unpaired) electrons. The van der Waals surface area contributed by atoms with Gasteiger partial charge < -0.3 is 15.4 Å². The van der Waals surface area contributed by atoms with Crippen LogP contribution in [0.4, 0.5) is 11.5 Å². The molecule has 5 rings (SSSR count). The minimum atomic E-state index is -4.67. The predicted molar refractivity (Wildman–Crippen MR) is 157 cm³/mol. The Kier molecular flexibility index (Phi) is 9.74. The number of carbonyl (C=O) groups excluding carboxylic acids is 2. The second-order valence-corrected chi connectivity index (χ2v) is 11.5. The van der Waals surface area contributed by atoms with Crippen LogP contribution < -0.4 is 10.6 Å². The maximum absolute atomic E-state index is 12.9. The van der Waals surface area contributed by atoms with Gasteiger partial charge in [-0.25, -0.2) is 9.78 Å². The lowest BCUT2D eigenvalue weighted by Gasteiger charge is -2.46. The summed E-state index contributed by atoms with van der Waals surface area (Å²) in [6, 6.07) is 11.3. The van der Waals surface area contributed by atoms with Crippen LogP contribution in [0, 0.1) is 5.41 Å². The number of hydrogen-bond donors (Lipinski definition) is 4. The summed E-state index contributed by atoms with van der Waals surface area (Å²) in [6.45, 7) is 2.11. The van der Waals surface area contributed by atoms with E-state index in [2.05, 4.69) is 36.5 Å². The number of aromatic nitrogens is 2. The zero-order valence-corrected chi connectivity index (χ0v) is 24.7. The fourth-order valence-corrected chi connectivity index (χ4v) is 6.11. The smallest absolute Gasteiger partial charge is 0.394 e. The van der Waals surface area contributed by atoms with E-state index in [9.17, 15) is 9.59 Å². The summed E-state index contributed by atoms with van der Waals surface area (Å²) >= 11 is 3.46. The molecule has 2 heterocycles. The number of hydrogen-bond acceptors (Lipinski definition) is 9. The Hall–Kier alpha value is -3.39. The number of ketones is 1. The van der Waals surface area contributed by atoms with Crippen LogP contribution in [0.5, 0.6) is 0 Å². The zero-order chi connectivity index (χ0) is 29.6. The van der Waals surface area contributed by atoms with Crippen molar-refractivity contribution >= 4 is 60.4 Å². The molecular weight excluding hydrogens is 616 g/mol. The normalized spacial score (nSPS) is 16.8. The summed E-state index contributed by atoms with van der Waals surface area (Å²) in [4.78, 5) is 34.3. The summed E-state index contributed by atoms with van der Waals surface area (Å²) in [6.07, 6.45) is 10.6. The predicted octanol–water partition coefficient (Wildman–Crippen LogP) is 4.92. The molecule has 1 unspecified atom stereocenters.